The van der Waals surface area contributed by atoms with Gasteiger partial charge in [0.05, 0.1) is 0 Å². The second-order valence-corrected chi connectivity index (χ2v) is 4.26. The molecule has 0 fully saturated rings. The van der Waals surface area contributed by atoms with Gasteiger partial charge in [-0.15, -0.1) is 0 Å². The van der Waals surface area contributed by atoms with E-state index in [1.54, 1.807) is 11.3 Å². The molecule has 0 saturated carbocycles. The Hall–Kier alpha value is -1.16. The van der Waals surface area contributed by atoms with Gasteiger partial charge in [-0.05, 0) is 39.6 Å². The van der Waals surface area contributed by atoms with E-state index in [0.29, 0.717) is 6.54 Å². The molecule has 0 aliphatic rings. The van der Waals surface area contributed by atoms with Crippen molar-refractivity contribution in [2.75, 3.05) is 6.54 Å². The number of nitrogens with two attached hydrogens (primary N) is 2. The SMILES string of the molecule is NC[C@H](N)c1cccc(-c2ccsc2)c1. The Balaban J connectivity index is 2.35. The minimum atomic E-state index is -0.0661. The van der Waals surface area contributed by atoms with Crippen LogP contribution in [-0.4, -0.2) is 6.54 Å². The molecule has 4 N–H and O–H groups in total. The fraction of sp³-hybridized carbons (Fsp3) is 0.167. The van der Waals surface area contributed by atoms with Crippen LogP contribution >= 0.6 is 11.3 Å². The summed E-state index contributed by atoms with van der Waals surface area (Å²) in [4.78, 5) is 0. The van der Waals surface area contributed by atoms with Crippen LogP contribution in [0.25, 0.3) is 11.1 Å². The lowest BCUT2D eigenvalue weighted by Gasteiger charge is -2.10. The predicted octanol–water partition coefficient (Wildman–Crippen LogP) is 2.37. The quantitative estimate of drug-likeness (QED) is 0.831. The van der Waals surface area contributed by atoms with E-state index in [2.05, 4.69) is 29.0 Å². The van der Waals surface area contributed by atoms with Crippen molar-refractivity contribution in [2.24, 2.45) is 11.5 Å². The monoisotopic (exact) mass is 218 g/mol. The molecule has 0 bridgehead atoms. The smallest absolute Gasteiger partial charge is 0.0419 e. The third-order valence-corrected chi connectivity index (χ3v) is 3.11. The van der Waals surface area contributed by atoms with Gasteiger partial charge in [0, 0.05) is 12.6 Å². The van der Waals surface area contributed by atoms with Crippen molar-refractivity contribution in [3.63, 3.8) is 0 Å². The highest BCUT2D eigenvalue weighted by atomic mass is 32.1. The molecule has 0 aliphatic carbocycles. The molecule has 0 radical (unpaired) electrons. The zero-order valence-corrected chi connectivity index (χ0v) is 9.21. The molecule has 1 aromatic heterocycles. The molecule has 0 amide bonds. The first-order chi connectivity index (χ1) is 7.31. The summed E-state index contributed by atoms with van der Waals surface area (Å²) in [6, 6.07) is 10.3. The van der Waals surface area contributed by atoms with Gasteiger partial charge in [-0.25, -0.2) is 0 Å². The summed E-state index contributed by atoms with van der Waals surface area (Å²) in [5.41, 5.74) is 15.0. The van der Waals surface area contributed by atoms with Crippen LogP contribution in [0.5, 0.6) is 0 Å². The lowest BCUT2D eigenvalue weighted by atomic mass is 10.0. The number of thiophene rings is 1. The summed E-state index contributed by atoms with van der Waals surface area (Å²) in [5.74, 6) is 0. The highest BCUT2D eigenvalue weighted by molar-refractivity contribution is 7.08. The molecule has 78 valence electrons. The van der Waals surface area contributed by atoms with Crippen molar-refractivity contribution < 1.29 is 0 Å². The molecule has 1 atom stereocenters. The van der Waals surface area contributed by atoms with Crippen LogP contribution in [0, 0.1) is 0 Å². The Bertz CT molecular complexity index is 423. The molecule has 2 nitrogen and oxygen atoms in total. The van der Waals surface area contributed by atoms with Crippen molar-refractivity contribution in [3.8, 4) is 11.1 Å². The first kappa shape index (κ1) is 10.4. The zero-order chi connectivity index (χ0) is 10.7. The minimum Gasteiger partial charge on any atom is -0.329 e. The Labute approximate surface area is 93.5 Å². The second-order valence-electron chi connectivity index (χ2n) is 3.48. The molecule has 2 aromatic rings. The number of hydrogen-bond acceptors (Lipinski definition) is 3. The average molecular weight is 218 g/mol. The molecule has 1 aromatic carbocycles. The first-order valence-electron chi connectivity index (χ1n) is 4.89. The largest absolute Gasteiger partial charge is 0.329 e. The van der Waals surface area contributed by atoms with Crippen LogP contribution in [-0.2, 0) is 0 Å². The van der Waals surface area contributed by atoms with E-state index in [0.717, 1.165) is 5.56 Å². The summed E-state index contributed by atoms with van der Waals surface area (Å²) >= 11 is 1.70. The lowest BCUT2D eigenvalue weighted by molar-refractivity contribution is 0.737. The molecule has 0 spiro atoms. The fourth-order valence-corrected chi connectivity index (χ4v) is 2.18. The Morgan fingerprint density at radius 1 is 1.20 bits per heavy atom. The van der Waals surface area contributed by atoms with Gasteiger partial charge in [0.1, 0.15) is 0 Å². The Morgan fingerprint density at radius 3 is 2.73 bits per heavy atom. The topological polar surface area (TPSA) is 52.0 Å². The molecule has 0 saturated heterocycles. The van der Waals surface area contributed by atoms with E-state index in [-0.39, 0.29) is 6.04 Å². The highest BCUT2D eigenvalue weighted by Crippen LogP contribution is 2.24. The molecule has 0 unspecified atom stereocenters. The second kappa shape index (κ2) is 4.57. The maximum atomic E-state index is 5.89. The minimum absolute atomic E-state index is 0.0661. The standard InChI is InChI=1S/C12H14N2S/c13-7-12(14)10-3-1-2-9(6-10)11-4-5-15-8-11/h1-6,8,12H,7,13-14H2/t12-/m0/s1. The predicted molar refractivity (Wildman–Crippen MR) is 65.7 cm³/mol. The van der Waals surface area contributed by atoms with E-state index in [4.69, 9.17) is 11.5 Å². The van der Waals surface area contributed by atoms with Crippen LogP contribution in [0.4, 0.5) is 0 Å². The third-order valence-electron chi connectivity index (χ3n) is 2.42. The molecule has 3 heteroatoms. The molecular formula is C12H14N2S. The van der Waals surface area contributed by atoms with Crippen molar-refractivity contribution in [1.29, 1.82) is 0 Å². The average Bonchev–Trinajstić information content (AvgIpc) is 2.82. The summed E-state index contributed by atoms with van der Waals surface area (Å²) in [6.45, 7) is 0.479. The molecule has 0 aliphatic heterocycles. The van der Waals surface area contributed by atoms with E-state index in [1.807, 2.05) is 12.1 Å². The van der Waals surface area contributed by atoms with Gasteiger partial charge in [-0.3, -0.25) is 0 Å². The molecule has 2 rings (SSSR count). The normalized spacial score (nSPS) is 12.7. The van der Waals surface area contributed by atoms with Crippen LogP contribution in [0.15, 0.2) is 41.1 Å². The van der Waals surface area contributed by atoms with Gasteiger partial charge in [-0.2, -0.15) is 11.3 Å². The molecular weight excluding hydrogens is 204 g/mol. The van der Waals surface area contributed by atoms with Gasteiger partial charge < -0.3 is 11.5 Å². The maximum absolute atomic E-state index is 5.89. The van der Waals surface area contributed by atoms with Gasteiger partial charge >= 0.3 is 0 Å². The van der Waals surface area contributed by atoms with E-state index in [1.165, 1.54) is 11.1 Å². The van der Waals surface area contributed by atoms with Gasteiger partial charge in [-0.1, -0.05) is 18.2 Å². The van der Waals surface area contributed by atoms with Gasteiger partial charge in [0.2, 0.25) is 0 Å². The van der Waals surface area contributed by atoms with Crippen LogP contribution in [0.1, 0.15) is 11.6 Å². The Morgan fingerprint density at radius 2 is 2.07 bits per heavy atom. The number of rotatable bonds is 3. The molecule has 1 heterocycles. The van der Waals surface area contributed by atoms with Crippen molar-refractivity contribution in [2.45, 2.75) is 6.04 Å². The summed E-state index contributed by atoms with van der Waals surface area (Å²) in [6.07, 6.45) is 0. The van der Waals surface area contributed by atoms with Crippen LogP contribution < -0.4 is 11.5 Å². The number of hydrogen-bond donors (Lipinski definition) is 2. The zero-order valence-electron chi connectivity index (χ0n) is 8.39. The third kappa shape index (κ3) is 2.26. The first-order valence-corrected chi connectivity index (χ1v) is 5.83. The van der Waals surface area contributed by atoms with Crippen LogP contribution in [0.2, 0.25) is 0 Å². The van der Waals surface area contributed by atoms with Gasteiger partial charge in [0.25, 0.3) is 0 Å². The Kier molecular flexibility index (Phi) is 3.16. The fourth-order valence-electron chi connectivity index (χ4n) is 1.51. The van der Waals surface area contributed by atoms with Crippen LogP contribution in [0.3, 0.4) is 0 Å². The lowest BCUT2D eigenvalue weighted by Crippen LogP contribution is -2.20. The van der Waals surface area contributed by atoms with E-state index < -0.39 is 0 Å². The van der Waals surface area contributed by atoms with Gasteiger partial charge in [0.15, 0.2) is 0 Å². The highest BCUT2D eigenvalue weighted by Gasteiger charge is 2.05. The summed E-state index contributed by atoms with van der Waals surface area (Å²) < 4.78 is 0. The molecule has 15 heavy (non-hydrogen) atoms. The van der Waals surface area contributed by atoms with E-state index >= 15 is 0 Å². The summed E-state index contributed by atoms with van der Waals surface area (Å²) in [7, 11) is 0. The van der Waals surface area contributed by atoms with E-state index in [9.17, 15) is 0 Å². The number of benzene rings is 1. The van der Waals surface area contributed by atoms with Crippen molar-refractivity contribution in [3.05, 3.63) is 46.7 Å². The maximum Gasteiger partial charge on any atom is 0.0419 e. The summed E-state index contributed by atoms with van der Waals surface area (Å²) in [5, 5.41) is 4.21. The van der Waals surface area contributed by atoms with Crippen molar-refractivity contribution >= 4 is 11.3 Å². The van der Waals surface area contributed by atoms with Crippen molar-refractivity contribution in [1.82, 2.24) is 0 Å².